The minimum absolute atomic E-state index is 0.281. The van der Waals surface area contributed by atoms with Gasteiger partial charge in [-0.1, -0.05) is 0 Å². The molecule has 6 nitrogen and oxygen atoms in total. The second-order valence-corrected chi connectivity index (χ2v) is 4.76. The molecule has 0 spiro atoms. The van der Waals surface area contributed by atoms with Gasteiger partial charge >= 0.3 is 0 Å². The van der Waals surface area contributed by atoms with E-state index in [-0.39, 0.29) is 5.82 Å². The molecular formula is C15H10FN5O. The lowest BCUT2D eigenvalue weighted by molar-refractivity contribution is 0.530. The van der Waals surface area contributed by atoms with Gasteiger partial charge < -0.3 is 4.42 Å². The summed E-state index contributed by atoms with van der Waals surface area (Å²) in [7, 11) is 0. The number of nitrogens with zero attached hydrogens (tertiary/aromatic N) is 5. The number of aromatic nitrogens is 5. The second kappa shape index (κ2) is 4.73. The summed E-state index contributed by atoms with van der Waals surface area (Å²) in [5.74, 6) is 0.531. The molecule has 0 aliphatic carbocycles. The van der Waals surface area contributed by atoms with Gasteiger partial charge in [0.25, 0.3) is 5.89 Å². The van der Waals surface area contributed by atoms with Crippen LogP contribution >= 0.6 is 0 Å². The maximum absolute atomic E-state index is 13.1. The van der Waals surface area contributed by atoms with E-state index in [1.165, 1.54) is 12.1 Å². The fraction of sp³-hybridized carbons (Fsp3) is 0.0667. The third-order valence-corrected chi connectivity index (χ3v) is 3.24. The van der Waals surface area contributed by atoms with Crippen LogP contribution in [0.2, 0.25) is 0 Å². The second-order valence-electron chi connectivity index (χ2n) is 4.76. The zero-order chi connectivity index (χ0) is 15.1. The summed E-state index contributed by atoms with van der Waals surface area (Å²) in [6.07, 6.45) is 1.68. The average Bonchev–Trinajstić information content (AvgIpc) is 3.13. The van der Waals surface area contributed by atoms with Gasteiger partial charge in [0, 0.05) is 24.8 Å². The Balaban J connectivity index is 1.89. The van der Waals surface area contributed by atoms with Crippen molar-refractivity contribution in [3.8, 4) is 22.8 Å². The van der Waals surface area contributed by atoms with Gasteiger partial charge in [-0.15, -0.1) is 10.2 Å². The lowest BCUT2D eigenvalue weighted by Crippen LogP contribution is -1.95. The molecule has 0 aliphatic rings. The van der Waals surface area contributed by atoms with Crippen LogP contribution in [0.1, 0.15) is 5.89 Å². The Morgan fingerprint density at radius 1 is 1.09 bits per heavy atom. The number of rotatable bonds is 2. The number of aryl methyl sites for hydroxylation is 1. The van der Waals surface area contributed by atoms with Gasteiger partial charge in [-0.05, 0) is 30.3 Å². The predicted molar refractivity (Wildman–Crippen MR) is 76.4 cm³/mol. The summed E-state index contributed by atoms with van der Waals surface area (Å²) in [5, 5.41) is 12.2. The molecular weight excluding hydrogens is 285 g/mol. The van der Waals surface area contributed by atoms with Crippen LogP contribution in [0.15, 0.2) is 47.0 Å². The quantitative estimate of drug-likeness (QED) is 0.568. The van der Waals surface area contributed by atoms with Gasteiger partial charge in [0.1, 0.15) is 5.82 Å². The predicted octanol–water partition coefficient (Wildman–Crippen LogP) is 2.89. The summed E-state index contributed by atoms with van der Waals surface area (Å²) in [4.78, 5) is 4.27. The molecule has 4 rings (SSSR count). The molecule has 22 heavy (non-hydrogen) atoms. The molecule has 108 valence electrons. The van der Waals surface area contributed by atoms with E-state index in [1.54, 1.807) is 35.8 Å². The Bertz CT molecular complexity index is 958. The Morgan fingerprint density at radius 2 is 1.91 bits per heavy atom. The standard InChI is InChI=1S/C15H10FN5O/c1-9-18-19-15(22-9)12-8-14-17-7-6-13(21(14)20-12)10-2-4-11(16)5-3-10/h2-8H,1H3. The highest BCUT2D eigenvalue weighted by molar-refractivity contribution is 5.65. The molecule has 0 amide bonds. The van der Waals surface area contributed by atoms with Crippen LogP contribution in [0.5, 0.6) is 0 Å². The van der Waals surface area contributed by atoms with Gasteiger partial charge in [-0.2, -0.15) is 5.10 Å². The van der Waals surface area contributed by atoms with Crippen molar-refractivity contribution in [3.05, 3.63) is 54.3 Å². The van der Waals surface area contributed by atoms with Crippen LogP contribution in [-0.4, -0.2) is 24.8 Å². The maximum Gasteiger partial charge on any atom is 0.268 e. The van der Waals surface area contributed by atoms with Crippen LogP contribution in [0.4, 0.5) is 4.39 Å². The number of halogens is 1. The smallest absolute Gasteiger partial charge is 0.268 e. The van der Waals surface area contributed by atoms with E-state index >= 15 is 0 Å². The van der Waals surface area contributed by atoms with Crippen LogP contribution in [0.25, 0.3) is 28.5 Å². The van der Waals surface area contributed by atoms with Crippen molar-refractivity contribution in [2.24, 2.45) is 0 Å². The van der Waals surface area contributed by atoms with Crippen molar-refractivity contribution >= 4 is 5.65 Å². The highest BCUT2D eigenvalue weighted by Crippen LogP contribution is 2.23. The van der Waals surface area contributed by atoms with E-state index in [0.29, 0.717) is 23.1 Å². The SMILES string of the molecule is Cc1nnc(-c2cc3nccc(-c4ccc(F)cc4)n3n2)o1. The molecule has 0 bridgehead atoms. The molecule has 0 N–H and O–H groups in total. The normalized spacial score (nSPS) is 11.2. The summed E-state index contributed by atoms with van der Waals surface area (Å²) in [6, 6.07) is 9.79. The molecule has 0 unspecified atom stereocenters. The first-order chi connectivity index (χ1) is 10.7. The molecule has 0 fully saturated rings. The molecule has 7 heteroatoms. The summed E-state index contributed by atoms with van der Waals surface area (Å²) < 4.78 is 20.1. The van der Waals surface area contributed by atoms with E-state index in [1.807, 2.05) is 6.07 Å². The molecule has 4 aromatic rings. The van der Waals surface area contributed by atoms with Crippen LogP contribution < -0.4 is 0 Å². The van der Waals surface area contributed by atoms with Gasteiger partial charge in [-0.25, -0.2) is 13.9 Å². The average molecular weight is 295 g/mol. The first-order valence-electron chi connectivity index (χ1n) is 6.62. The van der Waals surface area contributed by atoms with E-state index in [0.717, 1.165) is 11.3 Å². The van der Waals surface area contributed by atoms with Crippen molar-refractivity contribution in [1.82, 2.24) is 24.8 Å². The lowest BCUT2D eigenvalue weighted by Gasteiger charge is -2.03. The Hall–Kier alpha value is -3.09. The van der Waals surface area contributed by atoms with E-state index in [9.17, 15) is 4.39 Å². The van der Waals surface area contributed by atoms with Crippen molar-refractivity contribution < 1.29 is 8.81 Å². The molecule has 0 radical (unpaired) electrons. The summed E-state index contributed by atoms with van der Waals surface area (Å²) in [5.41, 5.74) is 2.83. The fourth-order valence-electron chi connectivity index (χ4n) is 2.24. The van der Waals surface area contributed by atoms with E-state index in [2.05, 4.69) is 20.3 Å². The first kappa shape index (κ1) is 12.6. The maximum atomic E-state index is 13.1. The molecule has 0 aliphatic heterocycles. The zero-order valence-electron chi connectivity index (χ0n) is 11.6. The Kier molecular flexibility index (Phi) is 2.72. The molecule has 3 aromatic heterocycles. The molecule has 0 atom stereocenters. The topological polar surface area (TPSA) is 69.1 Å². The van der Waals surface area contributed by atoms with E-state index < -0.39 is 0 Å². The van der Waals surface area contributed by atoms with Crippen molar-refractivity contribution in [3.63, 3.8) is 0 Å². The Morgan fingerprint density at radius 3 is 2.64 bits per heavy atom. The number of benzene rings is 1. The molecule has 3 heterocycles. The molecule has 1 aromatic carbocycles. The van der Waals surface area contributed by atoms with Crippen LogP contribution in [0.3, 0.4) is 0 Å². The first-order valence-corrected chi connectivity index (χ1v) is 6.62. The third kappa shape index (κ3) is 2.03. The monoisotopic (exact) mass is 295 g/mol. The largest absolute Gasteiger partial charge is 0.420 e. The molecule has 0 saturated carbocycles. The fourth-order valence-corrected chi connectivity index (χ4v) is 2.24. The number of fused-ring (bicyclic) bond motifs is 1. The highest BCUT2D eigenvalue weighted by Gasteiger charge is 2.14. The minimum Gasteiger partial charge on any atom is -0.420 e. The zero-order valence-corrected chi connectivity index (χ0v) is 11.6. The van der Waals surface area contributed by atoms with E-state index in [4.69, 9.17) is 4.42 Å². The lowest BCUT2D eigenvalue weighted by atomic mass is 10.1. The Labute approximate surface area is 124 Å². The minimum atomic E-state index is -0.281. The highest BCUT2D eigenvalue weighted by atomic mass is 19.1. The third-order valence-electron chi connectivity index (χ3n) is 3.24. The van der Waals surface area contributed by atoms with Gasteiger partial charge in [0.15, 0.2) is 11.3 Å². The molecule has 0 saturated heterocycles. The summed E-state index contributed by atoms with van der Waals surface area (Å²) in [6.45, 7) is 1.72. The van der Waals surface area contributed by atoms with Gasteiger partial charge in [0.05, 0.1) is 5.69 Å². The summed E-state index contributed by atoms with van der Waals surface area (Å²) >= 11 is 0. The number of hydrogen-bond acceptors (Lipinski definition) is 5. The van der Waals surface area contributed by atoms with Crippen molar-refractivity contribution in [1.29, 1.82) is 0 Å². The van der Waals surface area contributed by atoms with Gasteiger partial charge in [-0.3, -0.25) is 0 Å². The van der Waals surface area contributed by atoms with Crippen molar-refractivity contribution in [2.45, 2.75) is 6.92 Å². The van der Waals surface area contributed by atoms with Crippen molar-refractivity contribution in [2.75, 3.05) is 0 Å². The van der Waals surface area contributed by atoms with Crippen LogP contribution in [-0.2, 0) is 0 Å². The number of hydrogen-bond donors (Lipinski definition) is 0. The van der Waals surface area contributed by atoms with Crippen LogP contribution in [0, 0.1) is 12.7 Å². The van der Waals surface area contributed by atoms with Gasteiger partial charge in [0.2, 0.25) is 5.89 Å².